The van der Waals surface area contributed by atoms with Crippen LogP contribution >= 0.6 is 0 Å². The Balaban J connectivity index is 1.88. The van der Waals surface area contributed by atoms with Crippen molar-refractivity contribution in [1.29, 1.82) is 0 Å². The molecule has 1 heterocycles. The summed E-state index contributed by atoms with van der Waals surface area (Å²) in [4.78, 5) is 0. The van der Waals surface area contributed by atoms with Crippen LogP contribution in [-0.2, 0) is 13.0 Å². The third-order valence-corrected chi connectivity index (χ3v) is 2.97. The van der Waals surface area contributed by atoms with Crippen LogP contribution in [0.5, 0.6) is 0 Å². The molecule has 0 amide bonds. The van der Waals surface area contributed by atoms with Crippen molar-refractivity contribution in [3.63, 3.8) is 0 Å². The van der Waals surface area contributed by atoms with Gasteiger partial charge in [0.25, 0.3) is 0 Å². The molecular formula is C14H19N3. The number of nitrogens with one attached hydrogen (secondary N) is 1. The second kappa shape index (κ2) is 5.53. The summed E-state index contributed by atoms with van der Waals surface area (Å²) in [5, 5.41) is 7.75. The van der Waals surface area contributed by atoms with Crippen LogP contribution in [-0.4, -0.2) is 16.3 Å². The van der Waals surface area contributed by atoms with Crippen LogP contribution in [0.4, 0.5) is 5.69 Å². The van der Waals surface area contributed by atoms with Gasteiger partial charge in [0.1, 0.15) is 0 Å². The van der Waals surface area contributed by atoms with Crippen LogP contribution < -0.4 is 5.32 Å². The van der Waals surface area contributed by atoms with Crippen molar-refractivity contribution in [1.82, 2.24) is 9.78 Å². The molecule has 1 aromatic carbocycles. The van der Waals surface area contributed by atoms with E-state index in [1.807, 2.05) is 16.9 Å². The lowest BCUT2D eigenvalue weighted by atomic mass is 10.1. The maximum atomic E-state index is 4.31. The largest absolute Gasteiger partial charge is 0.382 e. The predicted molar refractivity (Wildman–Crippen MR) is 71.3 cm³/mol. The first-order valence-corrected chi connectivity index (χ1v) is 6.11. The van der Waals surface area contributed by atoms with Gasteiger partial charge in [-0.3, -0.25) is 4.68 Å². The highest BCUT2D eigenvalue weighted by Gasteiger charge is 2.03. The lowest BCUT2D eigenvalue weighted by Gasteiger charge is -2.06. The molecule has 3 nitrogen and oxygen atoms in total. The van der Waals surface area contributed by atoms with Gasteiger partial charge in [-0.1, -0.05) is 30.3 Å². The molecule has 0 unspecified atom stereocenters. The average Bonchev–Trinajstić information content (AvgIpc) is 2.72. The first-order chi connectivity index (χ1) is 8.31. The zero-order chi connectivity index (χ0) is 12.1. The molecule has 0 atom stereocenters. The second-order valence-corrected chi connectivity index (χ2v) is 4.12. The second-order valence-electron chi connectivity index (χ2n) is 4.12. The van der Waals surface area contributed by atoms with Gasteiger partial charge in [-0.15, -0.1) is 0 Å². The molecule has 0 aliphatic heterocycles. The number of benzene rings is 1. The fourth-order valence-corrected chi connectivity index (χ4v) is 1.93. The van der Waals surface area contributed by atoms with Crippen molar-refractivity contribution >= 4 is 5.69 Å². The molecular weight excluding hydrogens is 210 g/mol. The quantitative estimate of drug-likeness (QED) is 0.854. The molecule has 90 valence electrons. The standard InChI is InChI=1S/C14H19N3/c1-3-17-12(2)14(11-16-17)15-10-9-13-7-5-4-6-8-13/h4-8,11,15H,3,9-10H2,1-2H3. The Hall–Kier alpha value is -1.77. The molecule has 0 aliphatic rings. The molecule has 1 N–H and O–H groups in total. The molecule has 0 bridgehead atoms. The van der Waals surface area contributed by atoms with E-state index in [-0.39, 0.29) is 0 Å². The van der Waals surface area contributed by atoms with Gasteiger partial charge < -0.3 is 5.32 Å². The molecule has 0 spiro atoms. The van der Waals surface area contributed by atoms with E-state index in [9.17, 15) is 0 Å². The third-order valence-electron chi connectivity index (χ3n) is 2.97. The Labute approximate surface area is 102 Å². The minimum Gasteiger partial charge on any atom is -0.382 e. The summed E-state index contributed by atoms with van der Waals surface area (Å²) in [5.74, 6) is 0. The molecule has 0 fully saturated rings. The van der Waals surface area contributed by atoms with Crippen molar-refractivity contribution in [3.05, 3.63) is 47.8 Å². The Morgan fingerprint density at radius 3 is 2.65 bits per heavy atom. The number of hydrogen-bond acceptors (Lipinski definition) is 2. The first-order valence-electron chi connectivity index (χ1n) is 6.11. The molecule has 3 heteroatoms. The van der Waals surface area contributed by atoms with Gasteiger partial charge in [-0.25, -0.2) is 0 Å². The average molecular weight is 229 g/mol. The topological polar surface area (TPSA) is 29.9 Å². The number of nitrogens with zero attached hydrogens (tertiary/aromatic N) is 2. The highest BCUT2D eigenvalue weighted by molar-refractivity contribution is 5.45. The first kappa shape index (κ1) is 11.7. The summed E-state index contributed by atoms with van der Waals surface area (Å²) < 4.78 is 2.00. The lowest BCUT2D eigenvalue weighted by Crippen LogP contribution is -2.06. The highest BCUT2D eigenvalue weighted by atomic mass is 15.3. The summed E-state index contributed by atoms with van der Waals surface area (Å²) in [7, 11) is 0. The van der Waals surface area contributed by atoms with Gasteiger partial charge in [0.2, 0.25) is 0 Å². The molecule has 0 radical (unpaired) electrons. The van der Waals surface area contributed by atoms with Gasteiger partial charge in [0.05, 0.1) is 17.6 Å². The Bertz CT molecular complexity index is 460. The van der Waals surface area contributed by atoms with Gasteiger partial charge >= 0.3 is 0 Å². The van der Waals surface area contributed by atoms with E-state index < -0.39 is 0 Å². The fourth-order valence-electron chi connectivity index (χ4n) is 1.93. The predicted octanol–water partition coefficient (Wildman–Crippen LogP) is 2.87. The van der Waals surface area contributed by atoms with Crippen LogP contribution in [0.1, 0.15) is 18.2 Å². The summed E-state index contributed by atoms with van der Waals surface area (Å²) in [6.07, 6.45) is 2.95. The lowest BCUT2D eigenvalue weighted by molar-refractivity contribution is 0.640. The van der Waals surface area contributed by atoms with Gasteiger partial charge in [0, 0.05) is 13.1 Å². The summed E-state index contributed by atoms with van der Waals surface area (Å²) in [6.45, 7) is 6.07. The monoisotopic (exact) mass is 229 g/mol. The van der Waals surface area contributed by atoms with E-state index in [0.29, 0.717) is 0 Å². The van der Waals surface area contributed by atoms with E-state index in [2.05, 4.69) is 48.5 Å². The normalized spacial score (nSPS) is 10.5. The molecule has 1 aromatic heterocycles. The summed E-state index contributed by atoms with van der Waals surface area (Å²) in [6, 6.07) is 10.5. The molecule has 2 aromatic rings. The van der Waals surface area contributed by atoms with Gasteiger partial charge in [-0.2, -0.15) is 5.10 Å². The number of aromatic nitrogens is 2. The van der Waals surface area contributed by atoms with Gasteiger partial charge in [0.15, 0.2) is 0 Å². The molecule has 0 saturated carbocycles. The molecule has 0 aliphatic carbocycles. The minimum atomic E-state index is 0.923. The fraction of sp³-hybridized carbons (Fsp3) is 0.357. The SMILES string of the molecule is CCn1ncc(NCCc2ccccc2)c1C. The smallest absolute Gasteiger partial charge is 0.0756 e. The van der Waals surface area contributed by atoms with Crippen LogP contribution in [0, 0.1) is 6.92 Å². The summed E-state index contributed by atoms with van der Waals surface area (Å²) >= 11 is 0. The zero-order valence-corrected chi connectivity index (χ0v) is 10.5. The zero-order valence-electron chi connectivity index (χ0n) is 10.5. The van der Waals surface area contributed by atoms with E-state index in [1.165, 1.54) is 11.3 Å². The molecule has 2 rings (SSSR count). The molecule has 0 saturated heterocycles. The number of anilines is 1. The third kappa shape index (κ3) is 2.87. The molecule has 17 heavy (non-hydrogen) atoms. The minimum absolute atomic E-state index is 0.923. The van der Waals surface area contributed by atoms with E-state index in [1.54, 1.807) is 0 Å². The maximum absolute atomic E-state index is 4.31. The van der Waals surface area contributed by atoms with Crippen molar-refractivity contribution in [2.75, 3.05) is 11.9 Å². The maximum Gasteiger partial charge on any atom is 0.0756 e. The van der Waals surface area contributed by atoms with E-state index in [4.69, 9.17) is 0 Å². The van der Waals surface area contributed by atoms with Gasteiger partial charge in [-0.05, 0) is 25.8 Å². The Morgan fingerprint density at radius 2 is 2.00 bits per heavy atom. The van der Waals surface area contributed by atoms with Crippen LogP contribution in [0.25, 0.3) is 0 Å². The van der Waals surface area contributed by atoms with Crippen molar-refractivity contribution in [2.24, 2.45) is 0 Å². The number of hydrogen-bond donors (Lipinski definition) is 1. The Morgan fingerprint density at radius 1 is 1.24 bits per heavy atom. The highest BCUT2D eigenvalue weighted by Crippen LogP contribution is 2.13. The van der Waals surface area contributed by atoms with Crippen molar-refractivity contribution in [2.45, 2.75) is 26.8 Å². The van der Waals surface area contributed by atoms with E-state index >= 15 is 0 Å². The van der Waals surface area contributed by atoms with E-state index in [0.717, 1.165) is 25.2 Å². The van der Waals surface area contributed by atoms with Crippen molar-refractivity contribution < 1.29 is 0 Å². The number of aryl methyl sites for hydroxylation is 1. The van der Waals surface area contributed by atoms with Crippen LogP contribution in [0.2, 0.25) is 0 Å². The summed E-state index contributed by atoms with van der Waals surface area (Å²) in [5.41, 5.74) is 3.71. The number of rotatable bonds is 5. The van der Waals surface area contributed by atoms with Crippen molar-refractivity contribution in [3.8, 4) is 0 Å². The Kier molecular flexibility index (Phi) is 3.81. The van der Waals surface area contributed by atoms with Crippen LogP contribution in [0.3, 0.4) is 0 Å². The van der Waals surface area contributed by atoms with Crippen LogP contribution in [0.15, 0.2) is 36.5 Å².